The Labute approximate surface area is 143 Å². The van der Waals surface area contributed by atoms with Crippen molar-refractivity contribution in [1.82, 2.24) is 15.1 Å². The molecule has 2 aliphatic heterocycles. The number of hydrogen-bond donors (Lipinski definition) is 1. The normalized spacial score (nSPS) is 30.4. The Morgan fingerprint density at radius 3 is 2.46 bits per heavy atom. The number of likely N-dealkylation sites (tertiary alicyclic amines) is 1. The highest BCUT2D eigenvalue weighted by Crippen LogP contribution is 2.36. The van der Waals surface area contributed by atoms with E-state index in [1.807, 2.05) is 11.9 Å². The molecule has 0 aromatic heterocycles. The molecule has 0 aromatic rings. The van der Waals surface area contributed by atoms with Crippen molar-refractivity contribution in [1.29, 1.82) is 0 Å². The molecule has 0 radical (unpaired) electrons. The van der Waals surface area contributed by atoms with Gasteiger partial charge in [-0.1, -0.05) is 12.8 Å². The van der Waals surface area contributed by atoms with Gasteiger partial charge in [-0.25, -0.2) is 0 Å². The van der Waals surface area contributed by atoms with Crippen LogP contribution in [-0.2, 0) is 14.3 Å². The lowest BCUT2D eigenvalue weighted by atomic mass is 9.90. The van der Waals surface area contributed by atoms with E-state index in [-0.39, 0.29) is 23.5 Å². The molecule has 1 N–H and O–H groups in total. The zero-order valence-corrected chi connectivity index (χ0v) is 14.6. The molecule has 4 fully saturated rings. The maximum atomic E-state index is 12.5. The molecular formula is C18H29N3O3. The summed E-state index contributed by atoms with van der Waals surface area (Å²) in [6.45, 7) is 2.52. The summed E-state index contributed by atoms with van der Waals surface area (Å²) in [6.07, 6.45) is 7.77. The predicted octanol–water partition coefficient (Wildman–Crippen LogP) is 0.757. The number of morpholine rings is 1. The van der Waals surface area contributed by atoms with Crippen LogP contribution in [0.5, 0.6) is 0 Å². The van der Waals surface area contributed by atoms with Crippen molar-refractivity contribution in [2.45, 2.75) is 62.6 Å². The summed E-state index contributed by atoms with van der Waals surface area (Å²) in [5.74, 6) is 1.00. The lowest BCUT2D eigenvalue weighted by Crippen LogP contribution is -2.73. The van der Waals surface area contributed by atoms with E-state index in [2.05, 4.69) is 10.2 Å². The molecule has 134 valence electrons. The van der Waals surface area contributed by atoms with Gasteiger partial charge in [0.05, 0.1) is 19.7 Å². The maximum Gasteiger partial charge on any atom is 0.239 e. The average molecular weight is 335 g/mol. The van der Waals surface area contributed by atoms with Crippen LogP contribution < -0.4 is 5.32 Å². The highest BCUT2D eigenvalue weighted by Gasteiger charge is 2.51. The zero-order valence-electron chi connectivity index (χ0n) is 14.6. The van der Waals surface area contributed by atoms with E-state index in [1.165, 1.54) is 25.7 Å². The van der Waals surface area contributed by atoms with Gasteiger partial charge in [0.15, 0.2) is 0 Å². The number of ether oxygens (including phenoxy) is 1. The Hall–Kier alpha value is -1.14. The second-order valence-electron chi connectivity index (χ2n) is 8.31. The van der Waals surface area contributed by atoms with E-state index in [9.17, 15) is 9.59 Å². The molecule has 1 spiro atoms. The van der Waals surface area contributed by atoms with Gasteiger partial charge in [0.25, 0.3) is 0 Å². The topological polar surface area (TPSA) is 61.9 Å². The van der Waals surface area contributed by atoms with Crippen LogP contribution in [0.25, 0.3) is 0 Å². The first-order valence-electron chi connectivity index (χ1n) is 9.47. The summed E-state index contributed by atoms with van der Waals surface area (Å²) in [5, 5.41) is 3.17. The Kier molecular flexibility index (Phi) is 4.29. The quantitative estimate of drug-likeness (QED) is 0.824. The van der Waals surface area contributed by atoms with Gasteiger partial charge >= 0.3 is 0 Å². The van der Waals surface area contributed by atoms with E-state index in [0.717, 1.165) is 19.4 Å². The van der Waals surface area contributed by atoms with Crippen LogP contribution >= 0.6 is 0 Å². The summed E-state index contributed by atoms with van der Waals surface area (Å²) in [6, 6.07) is 0.147. The van der Waals surface area contributed by atoms with Gasteiger partial charge in [-0.05, 0) is 38.6 Å². The van der Waals surface area contributed by atoms with Crippen LogP contribution in [0.3, 0.4) is 0 Å². The summed E-state index contributed by atoms with van der Waals surface area (Å²) in [5.41, 5.74) is -0.252. The van der Waals surface area contributed by atoms with Crippen molar-refractivity contribution < 1.29 is 14.3 Å². The van der Waals surface area contributed by atoms with Crippen LogP contribution in [0.4, 0.5) is 0 Å². The third-order valence-corrected chi connectivity index (χ3v) is 6.09. The number of nitrogens with zero attached hydrogens (tertiary/aromatic N) is 2. The number of carbonyl (C=O) groups excluding carboxylic acids is 2. The molecule has 2 amide bonds. The monoisotopic (exact) mass is 335 g/mol. The number of hydrogen-bond acceptors (Lipinski definition) is 4. The van der Waals surface area contributed by atoms with E-state index >= 15 is 0 Å². The standard InChI is InChI=1S/C18H29N3O3/c1-20-10-18(11-21(12-18)16(22)8-13-6-7-13)24-9-15(20)17(23)19-14-4-2-3-5-14/h13-15H,2-12H2,1H3,(H,19,23)/t15-/m1/s1. The Bertz CT molecular complexity index is 508. The molecule has 0 bridgehead atoms. The fraction of sp³-hybridized carbons (Fsp3) is 0.889. The fourth-order valence-electron chi connectivity index (χ4n) is 4.35. The summed E-state index contributed by atoms with van der Waals surface area (Å²) >= 11 is 0. The molecule has 0 unspecified atom stereocenters. The van der Waals surface area contributed by atoms with Crippen LogP contribution in [0.1, 0.15) is 44.9 Å². The lowest BCUT2D eigenvalue weighted by molar-refractivity contribution is -0.201. The van der Waals surface area contributed by atoms with Gasteiger partial charge in [0.2, 0.25) is 11.8 Å². The molecule has 1 atom stereocenters. The van der Waals surface area contributed by atoms with Crippen LogP contribution in [0, 0.1) is 5.92 Å². The zero-order chi connectivity index (χ0) is 16.7. The lowest BCUT2D eigenvalue weighted by Gasteiger charge is -2.54. The number of carbonyl (C=O) groups is 2. The second-order valence-corrected chi connectivity index (χ2v) is 8.31. The Morgan fingerprint density at radius 1 is 1.12 bits per heavy atom. The minimum Gasteiger partial charge on any atom is -0.368 e. The minimum atomic E-state index is -0.252. The number of amides is 2. The van der Waals surface area contributed by atoms with E-state index in [0.29, 0.717) is 38.1 Å². The average Bonchev–Trinajstić information content (AvgIpc) is 3.17. The van der Waals surface area contributed by atoms with Crippen LogP contribution in [-0.4, -0.2) is 72.6 Å². The van der Waals surface area contributed by atoms with Gasteiger partial charge in [0, 0.05) is 19.0 Å². The van der Waals surface area contributed by atoms with E-state index in [4.69, 9.17) is 4.74 Å². The first-order valence-corrected chi connectivity index (χ1v) is 9.47. The molecule has 2 aliphatic carbocycles. The molecule has 6 nitrogen and oxygen atoms in total. The molecule has 2 heterocycles. The molecule has 0 aromatic carbocycles. The number of rotatable bonds is 4. The van der Waals surface area contributed by atoms with Gasteiger partial charge in [0.1, 0.15) is 11.6 Å². The minimum absolute atomic E-state index is 0.0974. The predicted molar refractivity (Wildman–Crippen MR) is 89.4 cm³/mol. The summed E-state index contributed by atoms with van der Waals surface area (Å²) in [4.78, 5) is 28.7. The highest BCUT2D eigenvalue weighted by atomic mass is 16.5. The van der Waals surface area contributed by atoms with Crippen LogP contribution in [0.15, 0.2) is 0 Å². The largest absolute Gasteiger partial charge is 0.368 e. The first-order chi connectivity index (χ1) is 11.5. The van der Waals surface area contributed by atoms with Gasteiger partial charge in [-0.15, -0.1) is 0 Å². The van der Waals surface area contributed by atoms with Gasteiger partial charge in [-0.3, -0.25) is 14.5 Å². The molecule has 4 rings (SSSR count). The molecular weight excluding hydrogens is 306 g/mol. The number of likely N-dealkylation sites (N-methyl/N-ethyl adjacent to an activating group) is 1. The van der Waals surface area contributed by atoms with Crippen molar-refractivity contribution in [3.05, 3.63) is 0 Å². The van der Waals surface area contributed by atoms with E-state index in [1.54, 1.807) is 0 Å². The van der Waals surface area contributed by atoms with Crippen LogP contribution in [0.2, 0.25) is 0 Å². The summed E-state index contributed by atoms with van der Waals surface area (Å²) in [7, 11) is 2.00. The second kappa shape index (κ2) is 6.30. The Balaban J connectivity index is 1.25. The highest BCUT2D eigenvalue weighted by molar-refractivity contribution is 5.82. The molecule has 24 heavy (non-hydrogen) atoms. The molecule has 6 heteroatoms. The molecule has 4 aliphatic rings. The number of nitrogens with one attached hydrogen (secondary N) is 1. The van der Waals surface area contributed by atoms with Crippen molar-refractivity contribution in [2.24, 2.45) is 5.92 Å². The third kappa shape index (κ3) is 3.31. The van der Waals surface area contributed by atoms with Gasteiger partial charge < -0.3 is 15.0 Å². The van der Waals surface area contributed by atoms with Gasteiger partial charge in [-0.2, -0.15) is 0 Å². The molecule has 2 saturated carbocycles. The molecule has 2 saturated heterocycles. The van der Waals surface area contributed by atoms with Crippen molar-refractivity contribution in [3.63, 3.8) is 0 Å². The first kappa shape index (κ1) is 16.3. The van der Waals surface area contributed by atoms with E-state index < -0.39 is 0 Å². The van der Waals surface area contributed by atoms with Crippen molar-refractivity contribution in [3.8, 4) is 0 Å². The SMILES string of the molecule is CN1CC2(CN(C(=O)CC3CC3)C2)OC[C@@H]1C(=O)NC1CCCC1. The Morgan fingerprint density at radius 2 is 1.83 bits per heavy atom. The van der Waals surface area contributed by atoms with Crippen molar-refractivity contribution in [2.75, 3.05) is 33.3 Å². The third-order valence-electron chi connectivity index (χ3n) is 6.09. The fourth-order valence-corrected chi connectivity index (χ4v) is 4.35. The smallest absolute Gasteiger partial charge is 0.239 e. The maximum absolute atomic E-state index is 12.5. The van der Waals surface area contributed by atoms with Crippen molar-refractivity contribution >= 4 is 11.8 Å². The summed E-state index contributed by atoms with van der Waals surface area (Å²) < 4.78 is 6.07.